The number of hydrogen-bond donors (Lipinski definition) is 0. The standard InChI is InChI=1S/C17H20N4O3S/c1-11-5-14(24-19-11)6-12-8-21(10-15(12)23-2)16(22)7-13-9-20-3-4-25-17(20)18-13/h3-5,9,12,15H,6-8,10H2,1-2H3/t12-,15+/m1/s1. The fourth-order valence-electron chi connectivity index (χ4n) is 3.41. The lowest BCUT2D eigenvalue weighted by molar-refractivity contribution is -0.129. The average molecular weight is 360 g/mol. The fourth-order valence-corrected chi connectivity index (χ4v) is 4.13. The van der Waals surface area contributed by atoms with Crippen molar-refractivity contribution in [3.05, 3.63) is 41.0 Å². The predicted octanol–water partition coefficient (Wildman–Crippen LogP) is 1.95. The first-order valence-corrected chi connectivity index (χ1v) is 9.14. The first-order chi connectivity index (χ1) is 12.1. The van der Waals surface area contributed by atoms with E-state index in [1.165, 1.54) is 0 Å². The number of rotatable bonds is 5. The molecule has 4 heterocycles. The number of carbonyl (C=O) groups excluding carboxylic acids is 1. The van der Waals surface area contributed by atoms with E-state index in [0.717, 1.165) is 28.5 Å². The molecule has 3 aromatic rings. The number of aromatic nitrogens is 3. The summed E-state index contributed by atoms with van der Waals surface area (Å²) in [6.45, 7) is 3.18. The quantitative estimate of drug-likeness (QED) is 0.695. The molecule has 0 spiro atoms. The Hall–Kier alpha value is -2.19. The summed E-state index contributed by atoms with van der Waals surface area (Å²) in [7, 11) is 1.70. The number of hydrogen-bond acceptors (Lipinski definition) is 6. The van der Waals surface area contributed by atoms with Gasteiger partial charge in [-0.1, -0.05) is 5.16 Å². The maximum Gasteiger partial charge on any atom is 0.228 e. The van der Waals surface area contributed by atoms with E-state index in [-0.39, 0.29) is 17.9 Å². The largest absolute Gasteiger partial charge is 0.379 e. The average Bonchev–Trinajstić information content (AvgIpc) is 3.31. The zero-order valence-corrected chi connectivity index (χ0v) is 15.0. The maximum absolute atomic E-state index is 12.7. The van der Waals surface area contributed by atoms with Crippen molar-refractivity contribution in [3.8, 4) is 0 Å². The van der Waals surface area contributed by atoms with E-state index in [1.807, 2.05) is 40.1 Å². The summed E-state index contributed by atoms with van der Waals surface area (Å²) in [5.74, 6) is 1.14. The van der Waals surface area contributed by atoms with Crippen LogP contribution in [0.2, 0.25) is 0 Å². The molecule has 0 radical (unpaired) electrons. The van der Waals surface area contributed by atoms with Gasteiger partial charge in [0.25, 0.3) is 0 Å². The third-order valence-corrected chi connectivity index (χ3v) is 5.42. The van der Waals surface area contributed by atoms with Gasteiger partial charge in [-0.2, -0.15) is 0 Å². The molecule has 132 valence electrons. The van der Waals surface area contributed by atoms with Crippen molar-refractivity contribution in [2.75, 3.05) is 20.2 Å². The zero-order valence-electron chi connectivity index (χ0n) is 14.2. The number of carbonyl (C=O) groups is 1. The molecule has 1 aliphatic heterocycles. The third-order valence-electron chi connectivity index (χ3n) is 4.65. The van der Waals surface area contributed by atoms with Gasteiger partial charge < -0.3 is 14.2 Å². The van der Waals surface area contributed by atoms with E-state index < -0.39 is 0 Å². The van der Waals surface area contributed by atoms with Crippen molar-refractivity contribution in [2.45, 2.75) is 25.9 Å². The molecular formula is C17H20N4O3S. The summed E-state index contributed by atoms with van der Waals surface area (Å²) < 4.78 is 12.9. The molecule has 1 saturated heterocycles. The first-order valence-electron chi connectivity index (χ1n) is 8.26. The number of methoxy groups -OCH3 is 1. The molecule has 0 unspecified atom stereocenters. The minimum Gasteiger partial charge on any atom is -0.379 e. The van der Waals surface area contributed by atoms with Gasteiger partial charge in [0.05, 0.1) is 23.9 Å². The summed E-state index contributed by atoms with van der Waals surface area (Å²) in [6.07, 6.45) is 4.93. The second-order valence-electron chi connectivity index (χ2n) is 6.47. The van der Waals surface area contributed by atoms with Crippen LogP contribution in [-0.2, 0) is 22.4 Å². The second kappa shape index (κ2) is 6.61. The SMILES string of the molecule is CO[C@H]1CN(C(=O)Cc2cn3ccsc3n2)C[C@H]1Cc1cc(C)no1. The van der Waals surface area contributed by atoms with Crippen molar-refractivity contribution < 1.29 is 14.1 Å². The normalized spacial score (nSPS) is 20.6. The molecule has 1 amide bonds. The predicted molar refractivity (Wildman–Crippen MR) is 92.6 cm³/mol. The van der Waals surface area contributed by atoms with E-state index in [4.69, 9.17) is 9.26 Å². The molecule has 7 nitrogen and oxygen atoms in total. The molecule has 1 aliphatic rings. The van der Waals surface area contributed by atoms with E-state index in [2.05, 4.69) is 10.1 Å². The lowest BCUT2D eigenvalue weighted by Crippen LogP contribution is -2.31. The Balaban J connectivity index is 1.41. The van der Waals surface area contributed by atoms with Crippen LogP contribution in [0.1, 0.15) is 17.1 Å². The van der Waals surface area contributed by atoms with Crippen molar-refractivity contribution in [3.63, 3.8) is 0 Å². The monoisotopic (exact) mass is 360 g/mol. The number of aryl methyl sites for hydroxylation is 1. The number of fused-ring (bicyclic) bond motifs is 1. The Morgan fingerprint density at radius 3 is 3.08 bits per heavy atom. The van der Waals surface area contributed by atoms with Crippen LogP contribution in [0.4, 0.5) is 0 Å². The number of amides is 1. The Kier molecular flexibility index (Phi) is 4.30. The number of ether oxygens (including phenoxy) is 1. The molecule has 2 atom stereocenters. The maximum atomic E-state index is 12.7. The van der Waals surface area contributed by atoms with E-state index in [0.29, 0.717) is 19.5 Å². The van der Waals surface area contributed by atoms with Gasteiger partial charge in [-0.3, -0.25) is 9.20 Å². The molecule has 1 fully saturated rings. The second-order valence-corrected chi connectivity index (χ2v) is 7.35. The van der Waals surface area contributed by atoms with Crippen LogP contribution in [0.15, 0.2) is 28.4 Å². The smallest absolute Gasteiger partial charge is 0.228 e. The summed E-state index contributed by atoms with van der Waals surface area (Å²) in [5, 5.41) is 5.91. The zero-order chi connectivity index (χ0) is 17.4. The van der Waals surface area contributed by atoms with Crippen LogP contribution in [0.5, 0.6) is 0 Å². The summed E-state index contributed by atoms with van der Waals surface area (Å²) in [4.78, 5) is 19.9. The molecule has 0 aliphatic carbocycles. The van der Waals surface area contributed by atoms with Gasteiger partial charge >= 0.3 is 0 Å². The Labute approximate surface area is 149 Å². The van der Waals surface area contributed by atoms with Crippen LogP contribution < -0.4 is 0 Å². The number of imidazole rings is 1. The van der Waals surface area contributed by atoms with Gasteiger partial charge in [0.2, 0.25) is 5.91 Å². The summed E-state index contributed by atoms with van der Waals surface area (Å²) in [6, 6.07) is 1.94. The molecule has 0 N–H and O–H groups in total. The van der Waals surface area contributed by atoms with Gasteiger partial charge in [0.15, 0.2) is 4.96 Å². The first kappa shape index (κ1) is 16.3. The van der Waals surface area contributed by atoms with Gasteiger partial charge in [-0.15, -0.1) is 11.3 Å². The van der Waals surface area contributed by atoms with E-state index in [9.17, 15) is 4.79 Å². The summed E-state index contributed by atoms with van der Waals surface area (Å²) >= 11 is 1.57. The van der Waals surface area contributed by atoms with Crippen LogP contribution in [0.3, 0.4) is 0 Å². The van der Waals surface area contributed by atoms with Crippen molar-refractivity contribution >= 4 is 22.2 Å². The molecule has 4 rings (SSSR count). The highest BCUT2D eigenvalue weighted by Crippen LogP contribution is 2.25. The summed E-state index contributed by atoms with van der Waals surface area (Å²) in [5.41, 5.74) is 1.68. The van der Waals surface area contributed by atoms with Crippen molar-refractivity contribution in [1.29, 1.82) is 0 Å². The lowest BCUT2D eigenvalue weighted by atomic mass is 10.0. The highest BCUT2D eigenvalue weighted by atomic mass is 32.1. The number of nitrogens with zero attached hydrogens (tertiary/aromatic N) is 4. The van der Waals surface area contributed by atoms with E-state index >= 15 is 0 Å². The molecule has 8 heteroatoms. The molecule has 25 heavy (non-hydrogen) atoms. The molecule has 0 saturated carbocycles. The van der Waals surface area contributed by atoms with Gasteiger partial charge in [0, 0.05) is 56.4 Å². The minimum absolute atomic E-state index is 0.0137. The molecule has 0 aromatic carbocycles. The highest BCUT2D eigenvalue weighted by molar-refractivity contribution is 7.15. The van der Waals surface area contributed by atoms with Gasteiger partial charge in [0.1, 0.15) is 5.76 Å². The van der Waals surface area contributed by atoms with Crippen LogP contribution in [0, 0.1) is 12.8 Å². The van der Waals surface area contributed by atoms with Crippen LogP contribution in [0.25, 0.3) is 4.96 Å². The Morgan fingerprint density at radius 2 is 2.36 bits per heavy atom. The molecule has 0 bridgehead atoms. The highest BCUT2D eigenvalue weighted by Gasteiger charge is 2.36. The molecule has 3 aromatic heterocycles. The van der Waals surface area contributed by atoms with Crippen molar-refractivity contribution in [2.24, 2.45) is 5.92 Å². The van der Waals surface area contributed by atoms with Crippen LogP contribution in [-0.4, -0.2) is 51.7 Å². The molecular weight excluding hydrogens is 340 g/mol. The van der Waals surface area contributed by atoms with Gasteiger partial charge in [-0.25, -0.2) is 4.98 Å². The Bertz CT molecular complexity index is 855. The Morgan fingerprint density at radius 1 is 1.48 bits per heavy atom. The number of thiazole rings is 1. The lowest BCUT2D eigenvalue weighted by Gasteiger charge is -2.15. The number of likely N-dealkylation sites (tertiary alicyclic amines) is 1. The fraction of sp³-hybridized carbons (Fsp3) is 0.471. The van der Waals surface area contributed by atoms with Gasteiger partial charge in [-0.05, 0) is 6.92 Å². The van der Waals surface area contributed by atoms with Crippen molar-refractivity contribution in [1.82, 2.24) is 19.4 Å². The topological polar surface area (TPSA) is 72.9 Å². The van der Waals surface area contributed by atoms with Crippen LogP contribution >= 0.6 is 11.3 Å². The minimum atomic E-state index is 0.0137. The third kappa shape index (κ3) is 3.32. The van der Waals surface area contributed by atoms with E-state index in [1.54, 1.807) is 18.4 Å².